The van der Waals surface area contributed by atoms with Gasteiger partial charge in [0.05, 0.1) is 11.7 Å². The topological polar surface area (TPSA) is 64.0 Å². The summed E-state index contributed by atoms with van der Waals surface area (Å²) >= 11 is 1.44. The maximum Gasteiger partial charge on any atom is 0.263 e. The first kappa shape index (κ1) is 21.0. The van der Waals surface area contributed by atoms with E-state index in [1.807, 2.05) is 53.9 Å². The van der Waals surface area contributed by atoms with E-state index >= 15 is 0 Å². The van der Waals surface area contributed by atoms with Crippen LogP contribution in [0, 0.1) is 0 Å². The smallest absolute Gasteiger partial charge is 0.263 e. The quantitative estimate of drug-likeness (QED) is 0.441. The van der Waals surface area contributed by atoms with Gasteiger partial charge in [-0.1, -0.05) is 62.4 Å². The predicted octanol–water partition coefficient (Wildman–Crippen LogP) is 5.45. The minimum atomic E-state index is -0.692. The first-order valence-electron chi connectivity index (χ1n) is 10.5. The van der Waals surface area contributed by atoms with Crippen molar-refractivity contribution in [3.63, 3.8) is 0 Å². The van der Waals surface area contributed by atoms with Crippen LogP contribution in [0.4, 0.5) is 5.69 Å². The number of nitrogens with zero attached hydrogens (tertiary/aromatic N) is 2. The van der Waals surface area contributed by atoms with Crippen LogP contribution in [0.15, 0.2) is 65.0 Å². The van der Waals surface area contributed by atoms with E-state index < -0.39 is 6.04 Å². The molecule has 0 bridgehead atoms. The summed E-state index contributed by atoms with van der Waals surface area (Å²) in [5, 5.41) is 5.58. The summed E-state index contributed by atoms with van der Waals surface area (Å²) in [5.74, 6) is -0.227. The third kappa shape index (κ3) is 3.91. The average molecular weight is 432 g/mol. The fourth-order valence-corrected chi connectivity index (χ4v) is 4.72. The molecule has 1 atom stereocenters. The number of thiophene rings is 1. The van der Waals surface area contributed by atoms with Crippen molar-refractivity contribution in [2.75, 3.05) is 5.32 Å². The fraction of sp³-hybridized carbons (Fsp3) is 0.240. The SMILES string of the molecule is CCc1cccc(CC)c1NC(=O)C(C)n1cnc2scc(-c3ccccc3)c2c1=O. The third-order valence-corrected chi connectivity index (χ3v) is 6.53. The first-order valence-corrected chi connectivity index (χ1v) is 11.4. The Bertz CT molecular complexity index is 1270. The summed E-state index contributed by atoms with van der Waals surface area (Å²) in [6, 6.07) is 15.2. The van der Waals surface area contributed by atoms with Gasteiger partial charge < -0.3 is 5.32 Å². The van der Waals surface area contributed by atoms with Crippen LogP contribution in [0.5, 0.6) is 0 Å². The molecule has 4 rings (SSSR count). The standard InChI is InChI=1S/C25H25N3O2S/c1-4-17-12-9-13-18(5-2)22(17)27-23(29)16(3)28-15-26-24-21(25(28)30)20(14-31-24)19-10-7-6-8-11-19/h6-16H,4-5H2,1-3H3,(H,27,29). The lowest BCUT2D eigenvalue weighted by Gasteiger charge is -2.19. The molecule has 4 aromatic rings. The summed E-state index contributed by atoms with van der Waals surface area (Å²) in [7, 11) is 0. The van der Waals surface area contributed by atoms with Gasteiger partial charge in [-0.3, -0.25) is 14.2 Å². The summed E-state index contributed by atoms with van der Waals surface area (Å²) in [4.78, 5) is 31.7. The Morgan fingerprint density at radius 3 is 2.39 bits per heavy atom. The molecule has 6 heteroatoms. The largest absolute Gasteiger partial charge is 0.324 e. The van der Waals surface area contributed by atoms with E-state index in [0.29, 0.717) is 10.2 Å². The number of aryl methyl sites for hydroxylation is 2. The number of aromatic nitrogens is 2. The van der Waals surface area contributed by atoms with Crippen molar-refractivity contribution in [2.45, 2.75) is 39.7 Å². The van der Waals surface area contributed by atoms with Crippen molar-refractivity contribution in [3.8, 4) is 11.1 Å². The zero-order valence-corrected chi connectivity index (χ0v) is 18.7. The van der Waals surface area contributed by atoms with Crippen LogP contribution in [0.1, 0.15) is 37.9 Å². The molecule has 2 heterocycles. The maximum atomic E-state index is 13.4. The lowest BCUT2D eigenvalue weighted by atomic mass is 10.0. The van der Waals surface area contributed by atoms with Crippen LogP contribution in [-0.4, -0.2) is 15.5 Å². The zero-order valence-electron chi connectivity index (χ0n) is 17.9. The van der Waals surface area contributed by atoms with Gasteiger partial charge in [-0.05, 0) is 36.5 Å². The van der Waals surface area contributed by atoms with Gasteiger partial charge in [0, 0.05) is 16.6 Å². The number of carbonyl (C=O) groups excluding carboxylic acids is 1. The average Bonchev–Trinajstić information content (AvgIpc) is 3.24. The van der Waals surface area contributed by atoms with Gasteiger partial charge in [-0.15, -0.1) is 11.3 Å². The molecule has 0 spiro atoms. The van der Waals surface area contributed by atoms with Gasteiger partial charge in [-0.2, -0.15) is 0 Å². The Hall–Kier alpha value is -3.25. The van der Waals surface area contributed by atoms with Crippen LogP contribution in [-0.2, 0) is 17.6 Å². The van der Waals surface area contributed by atoms with E-state index in [2.05, 4.69) is 24.1 Å². The second-order valence-corrected chi connectivity index (χ2v) is 8.33. The second kappa shape index (κ2) is 8.86. The number of benzene rings is 2. The summed E-state index contributed by atoms with van der Waals surface area (Å²) < 4.78 is 1.43. The highest BCUT2D eigenvalue weighted by Crippen LogP contribution is 2.31. The van der Waals surface area contributed by atoms with Crippen LogP contribution in [0.2, 0.25) is 0 Å². The molecule has 1 N–H and O–H groups in total. The van der Waals surface area contributed by atoms with E-state index in [1.165, 1.54) is 22.2 Å². The number of anilines is 1. The molecule has 0 radical (unpaired) electrons. The minimum absolute atomic E-state index is 0.202. The Balaban J connectivity index is 1.72. The van der Waals surface area contributed by atoms with Crippen LogP contribution in [0.25, 0.3) is 21.3 Å². The number of rotatable bonds is 6. The van der Waals surface area contributed by atoms with Gasteiger partial charge in [-0.25, -0.2) is 4.98 Å². The lowest BCUT2D eigenvalue weighted by Crippen LogP contribution is -2.32. The maximum absolute atomic E-state index is 13.4. The molecule has 2 aromatic heterocycles. The Kier molecular flexibility index (Phi) is 6.00. The zero-order chi connectivity index (χ0) is 22.0. The van der Waals surface area contributed by atoms with Crippen molar-refractivity contribution < 1.29 is 4.79 Å². The number of para-hydroxylation sites is 1. The molecule has 0 saturated heterocycles. The van der Waals surface area contributed by atoms with Crippen molar-refractivity contribution in [1.82, 2.24) is 9.55 Å². The molecule has 2 aromatic carbocycles. The molecule has 1 unspecified atom stereocenters. The van der Waals surface area contributed by atoms with Crippen molar-refractivity contribution in [2.24, 2.45) is 0 Å². The van der Waals surface area contributed by atoms with E-state index in [9.17, 15) is 9.59 Å². The van der Waals surface area contributed by atoms with E-state index in [0.717, 1.165) is 40.8 Å². The van der Waals surface area contributed by atoms with Gasteiger partial charge >= 0.3 is 0 Å². The predicted molar refractivity (Wildman–Crippen MR) is 128 cm³/mol. The number of hydrogen-bond acceptors (Lipinski definition) is 4. The van der Waals surface area contributed by atoms with E-state index in [1.54, 1.807) is 6.92 Å². The molecule has 0 saturated carbocycles. The van der Waals surface area contributed by atoms with E-state index in [-0.39, 0.29) is 11.5 Å². The van der Waals surface area contributed by atoms with E-state index in [4.69, 9.17) is 0 Å². The number of nitrogens with one attached hydrogen (secondary N) is 1. The Morgan fingerprint density at radius 2 is 1.74 bits per heavy atom. The number of fused-ring (bicyclic) bond motifs is 1. The summed E-state index contributed by atoms with van der Waals surface area (Å²) in [6.07, 6.45) is 3.12. The lowest BCUT2D eigenvalue weighted by molar-refractivity contribution is -0.118. The first-order chi connectivity index (χ1) is 15.0. The van der Waals surface area contributed by atoms with Gasteiger partial charge in [0.2, 0.25) is 5.91 Å². The van der Waals surface area contributed by atoms with Gasteiger partial charge in [0.25, 0.3) is 5.56 Å². The second-order valence-electron chi connectivity index (χ2n) is 7.48. The van der Waals surface area contributed by atoms with Crippen molar-refractivity contribution in [1.29, 1.82) is 0 Å². The van der Waals surface area contributed by atoms with Crippen molar-refractivity contribution in [3.05, 3.63) is 81.7 Å². The fourth-order valence-electron chi connectivity index (χ4n) is 3.81. The number of amides is 1. The number of carbonyl (C=O) groups is 1. The Labute approximate surface area is 185 Å². The molecular formula is C25H25N3O2S. The summed E-state index contributed by atoms with van der Waals surface area (Å²) in [6.45, 7) is 5.87. The Morgan fingerprint density at radius 1 is 1.06 bits per heavy atom. The highest BCUT2D eigenvalue weighted by Gasteiger charge is 2.21. The van der Waals surface area contributed by atoms with Crippen LogP contribution >= 0.6 is 11.3 Å². The molecule has 0 fully saturated rings. The normalized spacial score (nSPS) is 12.1. The molecule has 158 valence electrons. The molecule has 0 aliphatic carbocycles. The molecule has 1 amide bonds. The molecule has 31 heavy (non-hydrogen) atoms. The molecular weight excluding hydrogens is 406 g/mol. The number of hydrogen-bond donors (Lipinski definition) is 1. The highest BCUT2D eigenvalue weighted by atomic mass is 32.1. The van der Waals surface area contributed by atoms with Crippen LogP contribution < -0.4 is 10.9 Å². The van der Waals surface area contributed by atoms with Crippen molar-refractivity contribution >= 4 is 33.1 Å². The van der Waals surface area contributed by atoms with Crippen LogP contribution in [0.3, 0.4) is 0 Å². The molecule has 0 aliphatic heterocycles. The third-order valence-electron chi connectivity index (χ3n) is 5.65. The minimum Gasteiger partial charge on any atom is -0.324 e. The highest BCUT2D eigenvalue weighted by molar-refractivity contribution is 7.17. The monoisotopic (exact) mass is 431 g/mol. The van der Waals surface area contributed by atoms with Gasteiger partial charge in [0.15, 0.2) is 0 Å². The molecule has 5 nitrogen and oxygen atoms in total. The molecule has 0 aliphatic rings. The summed E-state index contributed by atoms with van der Waals surface area (Å²) in [5.41, 5.74) is 4.64. The van der Waals surface area contributed by atoms with Gasteiger partial charge in [0.1, 0.15) is 10.9 Å².